The van der Waals surface area contributed by atoms with E-state index in [-0.39, 0.29) is 11.1 Å². The van der Waals surface area contributed by atoms with E-state index in [1.54, 1.807) is 11.5 Å². The molecule has 1 heterocycles. The summed E-state index contributed by atoms with van der Waals surface area (Å²) in [5.74, 6) is -0.918. The first-order valence-electron chi connectivity index (χ1n) is 8.91. The second kappa shape index (κ2) is 9.56. The molecule has 0 saturated carbocycles. The molecular weight excluding hydrogens is 330 g/mol. The minimum atomic E-state index is -0.547. The highest BCUT2D eigenvalue weighted by Gasteiger charge is 2.18. The molecule has 6 heteroatoms. The fourth-order valence-corrected chi connectivity index (χ4v) is 2.57. The van der Waals surface area contributed by atoms with Crippen LogP contribution in [0.5, 0.6) is 0 Å². The number of unbranched alkanes of at least 4 members (excludes halogenated alkanes) is 1. The Morgan fingerprint density at radius 2 is 1.58 bits per heavy atom. The maximum atomic E-state index is 12.6. The number of amides is 2. The van der Waals surface area contributed by atoms with Crippen molar-refractivity contribution in [2.75, 3.05) is 13.1 Å². The first-order valence-corrected chi connectivity index (χ1v) is 8.91. The lowest BCUT2D eigenvalue weighted by atomic mass is 10.1. The van der Waals surface area contributed by atoms with Gasteiger partial charge in [0.1, 0.15) is 11.1 Å². The average Bonchev–Trinajstić information content (AvgIpc) is 2.64. The Balaban J connectivity index is 2.40. The molecule has 0 aliphatic rings. The van der Waals surface area contributed by atoms with Crippen molar-refractivity contribution in [3.8, 4) is 0 Å². The summed E-state index contributed by atoms with van der Waals surface area (Å²) in [5.41, 5.74) is 0.427. The topological polar surface area (TPSA) is 80.2 Å². The molecule has 0 fully saturated rings. The van der Waals surface area contributed by atoms with E-state index in [0.717, 1.165) is 18.4 Å². The molecule has 0 atom stereocenters. The summed E-state index contributed by atoms with van der Waals surface area (Å²) in [5, 5.41) is 5.37. The number of nitrogens with one attached hydrogen (secondary N) is 2. The van der Waals surface area contributed by atoms with Gasteiger partial charge in [-0.1, -0.05) is 43.7 Å². The van der Waals surface area contributed by atoms with E-state index in [1.807, 2.05) is 37.3 Å². The second-order valence-electron chi connectivity index (χ2n) is 6.04. The van der Waals surface area contributed by atoms with Gasteiger partial charge < -0.3 is 15.2 Å². The number of hydrogen-bond donors (Lipinski definition) is 2. The molecule has 0 spiro atoms. The van der Waals surface area contributed by atoms with Gasteiger partial charge in [0.05, 0.1) is 0 Å². The Bertz CT molecular complexity index is 813. The lowest BCUT2D eigenvalue weighted by Gasteiger charge is -2.12. The minimum absolute atomic E-state index is 0.0132. The van der Waals surface area contributed by atoms with E-state index in [2.05, 4.69) is 10.6 Å². The number of benzene rings is 1. The monoisotopic (exact) mass is 355 g/mol. The maximum Gasteiger partial charge on any atom is 0.256 e. The van der Waals surface area contributed by atoms with Crippen LogP contribution in [-0.4, -0.2) is 29.5 Å². The van der Waals surface area contributed by atoms with Crippen molar-refractivity contribution in [3.63, 3.8) is 0 Å². The van der Waals surface area contributed by atoms with E-state index in [1.165, 1.54) is 12.4 Å². The van der Waals surface area contributed by atoms with Crippen LogP contribution in [0.25, 0.3) is 0 Å². The number of hydrogen-bond acceptors (Lipinski definition) is 3. The van der Waals surface area contributed by atoms with Crippen LogP contribution in [0, 0.1) is 0 Å². The fourth-order valence-electron chi connectivity index (χ4n) is 2.57. The van der Waals surface area contributed by atoms with Gasteiger partial charge in [-0.25, -0.2) is 0 Å². The zero-order valence-corrected chi connectivity index (χ0v) is 15.2. The summed E-state index contributed by atoms with van der Waals surface area (Å²) in [4.78, 5) is 37.3. The molecule has 1 aromatic carbocycles. The van der Waals surface area contributed by atoms with Crippen LogP contribution < -0.4 is 16.1 Å². The predicted molar refractivity (Wildman–Crippen MR) is 101 cm³/mol. The van der Waals surface area contributed by atoms with Gasteiger partial charge in [-0.15, -0.1) is 0 Å². The zero-order valence-electron chi connectivity index (χ0n) is 15.2. The van der Waals surface area contributed by atoms with Gasteiger partial charge in [0.2, 0.25) is 5.43 Å². The number of nitrogens with zero attached hydrogens (tertiary/aromatic N) is 1. The minimum Gasteiger partial charge on any atom is -0.352 e. The quantitative estimate of drug-likeness (QED) is 0.712. The molecule has 6 nitrogen and oxygen atoms in total. The highest BCUT2D eigenvalue weighted by atomic mass is 16.2. The van der Waals surface area contributed by atoms with E-state index < -0.39 is 17.2 Å². The van der Waals surface area contributed by atoms with Crippen LogP contribution >= 0.6 is 0 Å². The lowest BCUT2D eigenvalue weighted by molar-refractivity contribution is 0.0951. The number of rotatable bonds is 8. The highest BCUT2D eigenvalue weighted by Crippen LogP contribution is 2.06. The van der Waals surface area contributed by atoms with E-state index in [9.17, 15) is 14.4 Å². The number of carbonyl (C=O) groups excluding carboxylic acids is 2. The van der Waals surface area contributed by atoms with Gasteiger partial charge in [0.15, 0.2) is 0 Å². The SMILES string of the molecule is CCCCNC(=O)c1cn(Cc2ccccc2)cc(C(=O)NCC)c1=O. The summed E-state index contributed by atoms with van der Waals surface area (Å²) in [6, 6.07) is 9.65. The first-order chi connectivity index (χ1) is 12.6. The Labute approximate surface area is 153 Å². The molecule has 0 aliphatic carbocycles. The van der Waals surface area contributed by atoms with Gasteiger partial charge >= 0.3 is 0 Å². The standard InChI is InChI=1S/C20H25N3O3/c1-3-5-11-22-20(26)17-14-23(12-15-9-7-6-8-10-15)13-16(18(17)24)19(25)21-4-2/h6-10,13-14H,3-5,11-12H2,1-2H3,(H,21,25)(H,22,26). The van der Waals surface area contributed by atoms with E-state index in [4.69, 9.17) is 0 Å². The summed E-state index contributed by atoms with van der Waals surface area (Å²) in [7, 11) is 0. The lowest BCUT2D eigenvalue weighted by Crippen LogP contribution is -2.35. The zero-order chi connectivity index (χ0) is 18.9. The van der Waals surface area contributed by atoms with Crippen LogP contribution in [0.15, 0.2) is 47.5 Å². The molecule has 0 bridgehead atoms. The molecule has 138 valence electrons. The Morgan fingerprint density at radius 3 is 2.15 bits per heavy atom. The third kappa shape index (κ3) is 5.05. The van der Waals surface area contributed by atoms with Crippen LogP contribution in [0.3, 0.4) is 0 Å². The molecule has 26 heavy (non-hydrogen) atoms. The summed E-state index contributed by atoms with van der Waals surface area (Å²) >= 11 is 0. The van der Waals surface area contributed by atoms with Crippen molar-refractivity contribution in [1.82, 2.24) is 15.2 Å². The Morgan fingerprint density at radius 1 is 0.962 bits per heavy atom. The molecule has 0 aliphatic heterocycles. The largest absolute Gasteiger partial charge is 0.352 e. The van der Waals surface area contributed by atoms with Gasteiger partial charge in [0, 0.05) is 32.0 Å². The van der Waals surface area contributed by atoms with Gasteiger partial charge in [-0.2, -0.15) is 0 Å². The third-order valence-corrected chi connectivity index (χ3v) is 3.93. The molecule has 0 unspecified atom stereocenters. The number of pyridine rings is 1. The molecule has 0 saturated heterocycles. The molecule has 2 amide bonds. The van der Waals surface area contributed by atoms with Crippen LogP contribution in [0.1, 0.15) is 53.0 Å². The molecule has 0 radical (unpaired) electrons. The van der Waals surface area contributed by atoms with Gasteiger partial charge in [-0.3, -0.25) is 14.4 Å². The average molecular weight is 355 g/mol. The Kier molecular flexibility index (Phi) is 7.14. The molecule has 2 rings (SSSR count). The van der Waals surface area contributed by atoms with Crippen molar-refractivity contribution in [2.24, 2.45) is 0 Å². The normalized spacial score (nSPS) is 10.4. The summed E-state index contributed by atoms with van der Waals surface area (Å²) in [6.45, 7) is 5.17. The summed E-state index contributed by atoms with van der Waals surface area (Å²) in [6.07, 6.45) is 4.79. The van der Waals surface area contributed by atoms with Crippen molar-refractivity contribution >= 4 is 11.8 Å². The Hall–Kier alpha value is -2.89. The first kappa shape index (κ1) is 19.4. The molecule has 1 aromatic heterocycles. The third-order valence-electron chi connectivity index (χ3n) is 3.93. The number of carbonyl (C=O) groups is 2. The van der Waals surface area contributed by atoms with Gasteiger partial charge in [-0.05, 0) is 18.9 Å². The van der Waals surface area contributed by atoms with Crippen molar-refractivity contribution in [1.29, 1.82) is 0 Å². The van der Waals surface area contributed by atoms with Gasteiger partial charge in [0.25, 0.3) is 11.8 Å². The highest BCUT2D eigenvalue weighted by molar-refractivity contribution is 5.99. The van der Waals surface area contributed by atoms with Crippen molar-refractivity contribution in [2.45, 2.75) is 33.2 Å². The number of aromatic nitrogens is 1. The fraction of sp³-hybridized carbons (Fsp3) is 0.350. The summed E-state index contributed by atoms with van der Waals surface area (Å²) < 4.78 is 1.70. The predicted octanol–water partition coefficient (Wildman–Crippen LogP) is 2.18. The molecule has 2 N–H and O–H groups in total. The van der Waals surface area contributed by atoms with Crippen LogP contribution in [-0.2, 0) is 6.54 Å². The van der Waals surface area contributed by atoms with E-state index in [0.29, 0.717) is 19.6 Å². The van der Waals surface area contributed by atoms with Crippen molar-refractivity contribution in [3.05, 3.63) is 69.6 Å². The molecular formula is C20H25N3O3. The second-order valence-corrected chi connectivity index (χ2v) is 6.04. The van der Waals surface area contributed by atoms with Crippen LogP contribution in [0.4, 0.5) is 0 Å². The maximum absolute atomic E-state index is 12.6. The van der Waals surface area contributed by atoms with Crippen LogP contribution in [0.2, 0.25) is 0 Å². The van der Waals surface area contributed by atoms with Crippen molar-refractivity contribution < 1.29 is 9.59 Å². The molecule has 2 aromatic rings. The smallest absolute Gasteiger partial charge is 0.256 e. The van der Waals surface area contributed by atoms with E-state index >= 15 is 0 Å².